The molecule has 11 nitrogen and oxygen atoms in total. The van der Waals surface area contributed by atoms with Crippen molar-refractivity contribution in [3.63, 3.8) is 0 Å². The summed E-state index contributed by atoms with van der Waals surface area (Å²) >= 11 is 0. The fourth-order valence-corrected chi connectivity index (χ4v) is 7.77. The highest BCUT2D eigenvalue weighted by Gasteiger charge is 2.38. The summed E-state index contributed by atoms with van der Waals surface area (Å²) in [5, 5.41) is 0. The Kier molecular flexibility index (Phi) is 8.51. The molecular formula is C38H51N7O4. The number of imidazole rings is 1. The number of anilines is 2. The number of hydrogen-bond acceptors (Lipinski definition) is 8. The summed E-state index contributed by atoms with van der Waals surface area (Å²) in [6.07, 6.45) is 3.93. The van der Waals surface area contributed by atoms with E-state index in [4.69, 9.17) is 19.5 Å². The molecule has 0 radical (unpaired) electrons. The molecule has 4 aliphatic heterocycles. The smallest absolute Gasteiger partial charge is 0.410 e. The predicted octanol–water partition coefficient (Wildman–Crippen LogP) is 7.38. The zero-order valence-corrected chi connectivity index (χ0v) is 30.1. The molecule has 2 amide bonds. The van der Waals surface area contributed by atoms with Gasteiger partial charge in [-0.1, -0.05) is 0 Å². The lowest BCUT2D eigenvalue weighted by Crippen LogP contribution is -2.52. The summed E-state index contributed by atoms with van der Waals surface area (Å²) in [5.74, 6) is 0.822. The average Bonchev–Trinajstić information content (AvgIpc) is 3.83. The van der Waals surface area contributed by atoms with Crippen molar-refractivity contribution in [1.29, 1.82) is 0 Å². The molecule has 4 aliphatic rings. The number of H-pyrrole nitrogens is 1. The lowest BCUT2D eigenvalue weighted by Gasteiger charge is -2.42. The van der Waals surface area contributed by atoms with E-state index < -0.39 is 11.2 Å². The number of fused-ring (bicyclic) bond motifs is 2. The quantitative estimate of drug-likeness (QED) is 0.309. The van der Waals surface area contributed by atoms with Crippen LogP contribution < -0.4 is 9.80 Å². The third-order valence-electron chi connectivity index (χ3n) is 9.97. The minimum absolute atomic E-state index is 0.00136. The van der Waals surface area contributed by atoms with E-state index in [0.29, 0.717) is 19.1 Å². The van der Waals surface area contributed by atoms with Crippen LogP contribution in [0.15, 0.2) is 41.4 Å². The number of rotatable bonds is 4. The van der Waals surface area contributed by atoms with E-state index in [2.05, 4.69) is 58.1 Å². The van der Waals surface area contributed by atoms with Crippen molar-refractivity contribution in [1.82, 2.24) is 19.8 Å². The van der Waals surface area contributed by atoms with Gasteiger partial charge < -0.3 is 24.3 Å². The first kappa shape index (κ1) is 33.2. The molecule has 0 saturated carbocycles. The Balaban J connectivity index is 0.997. The maximum Gasteiger partial charge on any atom is 0.410 e. The number of carbonyl (C=O) groups excluding carboxylic acids is 2. The molecule has 0 spiro atoms. The molecule has 0 bridgehead atoms. The first-order valence-electron chi connectivity index (χ1n) is 17.9. The van der Waals surface area contributed by atoms with Crippen molar-refractivity contribution in [2.45, 2.75) is 110 Å². The van der Waals surface area contributed by atoms with Gasteiger partial charge in [-0.15, -0.1) is 0 Å². The van der Waals surface area contributed by atoms with Crippen LogP contribution in [0.2, 0.25) is 0 Å². The highest BCUT2D eigenvalue weighted by molar-refractivity contribution is 6.00. The van der Waals surface area contributed by atoms with Gasteiger partial charge in [0.25, 0.3) is 0 Å². The molecule has 1 aromatic heterocycles. The Bertz CT molecular complexity index is 1770. The van der Waals surface area contributed by atoms with Gasteiger partial charge in [0, 0.05) is 62.3 Å². The molecular weight excluding hydrogens is 618 g/mol. The van der Waals surface area contributed by atoms with E-state index in [1.807, 2.05) is 51.3 Å². The highest BCUT2D eigenvalue weighted by Crippen LogP contribution is 2.37. The number of piperazine rings is 1. The molecule has 262 valence electrons. The lowest BCUT2D eigenvalue weighted by atomic mass is 10.0. The Morgan fingerprint density at radius 2 is 1.47 bits per heavy atom. The standard InChI is InChI=1S/C38H51N7O4/c1-24-23-42(26-12-15-29-30(22-26)41-34(40-29)33-11-9-17-45(33)36(47)49-38(5,6)7)18-19-43(24)27-13-14-28-25(20-27)21-31(39-28)32-10-8-16-44(32)35(46)48-37(2,3)4/h12-15,20,22,24,32-33H,8-11,16-19,21,23H2,1-7H3,(H,40,41)/t24-,32-,33-/m0/s1. The molecule has 0 unspecified atom stereocenters. The highest BCUT2D eigenvalue weighted by atomic mass is 16.6. The number of hydrogen-bond donors (Lipinski definition) is 1. The van der Waals surface area contributed by atoms with Gasteiger partial charge in [-0.2, -0.15) is 0 Å². The van der Waals surface area contributed by atoms with Gasteiger partial charge in [0.05, 0.1) is 28.8 Å². The minimum atomic E-state index is -0.533. The zero-order valence-electron chi connectivity index (χ0n) is 30.1. The number of aromatic nitrogens is 2. The van der Waals surface area contributed by atoms with Crippen LogP contribution in [0.5, 0.6) is 0 Å². The predicted molar refractivity (Wildman–Crippen MR) is 193 cm³/mol. The Hall–Kier alpha value is -4.28. The van der Waals surface area contributed by atoms with E-state index in [0.717, 1.165) is 80.0 Å². The SMILES string of the molecule is C[C@H]1CN(c2ccc3nc([C@@H]4CCCN4C(=O)OC(C)(C)C)[nH]c3c2)CCN1c1ccc2c(c1)CC([C@@H]1CCCN1C(=O)OC(C)(C)C)=N2. The van der Waals surface area contributed by atoms with Gasteiger partial charge >= 0.3 is 12.2 Å². The summed E-state index contributed by atoms with van der Waals surface area (Å²) in [7, 11) is 0. The molecule has 3 atom stereocenters. The van der Waals surface area contributed by atoms with Crippen molar-refractivity contribution >= 4 is 46.0 Å². The van der Waals surface area contributed by atoms with Crippen LogP contribution >= 0.6 is 0 Å². The van der Waals surface area contributed by atoms with Crippen LogP contribution in [0.25, 0.3) is 11.0 Å². The summed E-state index contributed by atoms with van der Waals surface area (Å²) in [6.45, 7) is 17.8. The number of benzene rings is 2. The Morgan fingerprint density at radius 1 is 0.816 bits per heavy atom. The lowest BCUT2D eigenvalue weighted by molar-refractivity contribution is 0.0216. The van der Waals surface area contributed by atoms with Gasteiger partial charge in [-0.05, 0) is 116 Å². The monoisotopic (exact) mass is 669 g/mol. The third kappa shape index (κ3) is 6.94. The largest absolute Gasteiger partial charge is 0.444 e. The van der Waals surface area contributed by atoms with Gasteiger partial charge in [0.2, 0.25) is 0 Å². The molecule has 1 N–H and O–H groups in total. The molecule has 5 heterocycles. The number of nitrogens with one attached hydrogen (secondary N) is 1. The molecule has 3 aromatic rings. The summed E-state index contributed by atoms with van der Waals surface area (Å²) in [6, 6.07) is 13.3. The summed E-state index contributed by atoms with van der Waals surface area (Å²) in [4.78, 5) is 47.9. The fourth-order valence-electron chi connectivity index (χ4n) is 7.77. The maximum absolute atomic E-state index is 12.9. The second-order valence-corrected chi connectivity index (χ2v) is 16.1. The molecule has 11 heteroatoms. The number of nitrogens with zero attached hydrogens (tertiary/aromatic N) is 6. The number of ether oxygens (including phenoxy) is 2. The van der Waals surface area contributed by atoms with Crippen molar-refractivity contribution in [3.05, 3.63) is 47.8 Å². The van der Waals surface area contributed by atoms with Gasteiger partial charge in [0.1, 0.15) is 17.0 Å². The van der Waals surface area contributed by atoms with Crippen molar-refractivity contribution in [2.75, 3.05) is 42.5 Å². The van der Waals surface area contributed by atoms with Gasteiger partial charge in [0.15, 0.2) is 0 Å². The molecule has 49 heavy (non-hydrogen) atoms. The number of carbonyl (C=O) groups is 2. The van der Waals surface area contributed by atoms with Crippen LogP contribution in [-0.2, 0) is 15.9 Å². The average molecular weight is 670 g/mol. The van der Waals surface area contributed by atoms with Crippen molar-refractivity contribution in [3.8, 4) is 0 Å². The van der Waals surface area contributed by atoms with E-state index in [1.54, 1.807) is 0 Å². The van der Waals surface area contributed by atoms with E-state index >= 15 is 0 Å². The first-order chi connectivity index (χ1) is 23.2. The Morgan fingerprint density at radius 3 is 2.14 bits per heavy atom. The molecule has 3 saturated heterocycles. The van der Waals surface area contributed by atoms with Crippen LogP contribution in [0.3, 0.4) is 0 Å². The second-order valence-electron chi connectivity index (χ2n) is 16.1. The number of likely N-dealkylation sites (tertiary alicyclic amines) is 2. The first-order valence-corrected chi connectivity index (χ1v) is 17.9. The third-order valence-corrected chi connectivity index (χ3v) is 9.97. The molecule has 0 aliphatic carbocycles. The summed E-state index contributed by atoms with van der Waals surface area (Å²) < 4.78 is 11.4. The van der Waals surface area contributed by atoms with E-state index in [1.165, 1.54) is 16.9 Å². The number of amides is 2. The number of aromatic amines is 1. The minimum Gasteiger partial charge on any atom is -0.444 e. The van der Waals surface area contributed by atoms with Crippen LogP contribution in [0.1, 0.15) is 91.6 Å². The van der Waals surface area contributed by atoms with Gasteiger partial charge in [-0.25, -0.2) is 14.6 Å². The second kappa shape index (κ2) is 12.6. The molecule has 2 aromatic carbocycles. The van der Waals surface area contributed by atoms with Crippen LogP contribution in [0.4, 0.5) is 26.7 Å². The Labute approximate surface area is 289 Å². The fraction of sp³-hybridized carbons (Fsp3) is 0.579. The van der Waals surface area contributed by atoms with Crippen molar-refractivity contribution < 1.29 is 19.1 Å². The van der Waals surface area contributed by atoms with Crippen molar-refractivity contribution in [2.24, 2.45) is 4.99 Å². The molecule has 7 rings (SSSR count). The maximum atomic E-state index is 12.9. The van der Waals surface area contributed by atoms with Gasteiger partial charge in [-0.3, -0.25) is 14.8 Å². The van der Waals surface area contributed by atoms with E-state index in [9.17, 15) is 9.59 Å². The van der Waals surface area contributed by atoms with Crippen LogP contribution in [-0.4, -0.2) is 93.7 Å². The zero-order chi connectivity index (χ0) is 34.7. The topological polar surface area (TPSA) is 107 Å². The summed E-state index contributed by atoms with van der Waals surface area (Å²) in [5.41, 5.74) is 6.54. The molecule has 3 fully saturated rings. The van der Waals surface area contributed by atoms with E-state index in [-0.39, 0.29) is 24.3 Å². The normalized spacial score (nSPS) is 22.9. The van der Waals surface area contributed by atoms with Crippen LogP contribution in [0, 0.1) is 0 Å². The number of aliphatic imine (C=N–C) groups is 1.